The van der Waals surface area contributed by atoms with E-state index >= 15 is 0 Å². The van der Waals surface area contributed by atoms with Gasteiger partial charge in [-0.3, -0.25) is 4.79 Å². The number of para-hydroxylation sites is 1. The molecule has 31 heavy (non-hydrogen) atoms. The van der Waals surface area contributed by atoms with Gasteiger partial charge in [-0.2, -0.15) is 5.10 Å². The van der Waals surface area contributed by atoms with Crippen LogP contribution < -0.4 is 14.9 Å². The second-order valence-corrected chi connectivity index (χ2v) is 6.46. The number of amides is 1. The van der Waals surface area contributed by atoms with Gasteiger partial charge in [0, 0.05) is 10.9 Å². The Balaban J connectivity index is 1.80. The standard InChI is InChI=1S/C23H22N2O6/c1-3-7-17-10-15(11-19(29-4-2)22(17)30-14-21(26)27)13-24-25-23(28)20-12-16-8-5-6-9-18(16)31-20/h3,5-6,8-13H,1,4,7,14H2,2H3,(H,25,28)(H,26,27)/b24-13+. The Morgan fingerprint density at radius 2 is 2.03 bits per heavy atom. The lowest BCUT2D eigenvalue weighted by Gasteiger charge is -2.15. The van der Waals surface area contributed by atoms with E-state index in [1.807, 2.05) is 25.1 Å². The first kappa shape index (κ1) is 21.6. The number of hydrazone groups is 1. The molecule has 0 radical (unpaired) electrons. The lowest BCUT2D eigenvalue weighted by Crippen LogP contribution is -2.16. The van der Waals surface area contributed by atoms with Crippen LogP contribution in [0.25, 0.3) is 11.0 Å². The van der Waals surface area contributed by atoms with Crippen LogP contribution in [-0.4, -0.2) is 36.4 Å². The number of carboxylic acids is 1. The van der Waals surface area contributed by atoms with Gasteiger partial charge < -0.3 is 19.0 Å². The van der Waals surface area contributed by atoms with Crippen LogP contribution in [0.1, 0.15) is 28.6 Å². The van der Waals surface area contributed by atoms with Crippen molar-refractivity contribution >= 4 is 29.1 Å². The summed E-state index contributed by atoms with van der Waals surface area (Å²) in [5.74, 6) is -0.699. The Kier molecular flexibility index (Phi) is 7.05. The maximum atomic E-state index is 12.3. The van der Waals surface area contributed by atoms with E-state index < -0.39 is 18.5 Å². The van der Waals surface area contributed by atoms with Gasteiger partial charge in [0.2, 0.25) is 0 Å². The zero-order valence-electron chi connectivity index (χ0n) is 17.0. The van der Waals surface area contributed by atoms with Gasteiger partial charge in [-0.25, -0.2) is 10.2 Å². The number of ether oxygens (including phenoxy) is 2. The highest BCUT2D eigenvalue weighted by molar-refractivity contribution is 5.96. The van der Waals surface area contributed by atoms with Crippen LogP contribution in [0.2, 0.25) is 0 Å². The number of benzene rings is 2. The largest absolute Gasteiger partial charge is 0.490 e. The molecule has 3 aromatic rings. The lowest BCUT2D eigenvalue weighted by molar-refractivity contribution is -0.139. The summed E-state index contributed by atoms with van der Waals surface area (Å²) in [6.07, 6.45) is 3.56. The van der Waals surface area contributed by atoms with Crippen molar-refractivity contribution in [2.75, 3.05) is 13.2 Å². The predicted octanol–water partition coefficient (Wildman–Crippen LogP) is 3.79. The molecule has 1 aromatic heterocycles. The van der Waals surface area contributed by atoms with Gasteiger partial charge in [0.25, 0.3) is 0 Å². The summed E-state index contributed by atoms with van der Waals surface area (Å²) in [6.45, 7) is 5.40. The summed E-state index contributed by atoms with van der Waals surface area (Å²) in [5.41, 5.74) is 4.37. The molecule has 0 unspecified atom stereocenters. The van der Waals surface area contributed by atoms with E-state index in [9.17, 15) is 9.59 Å². The van der Waals surface area contributed by atoms with Gasteiger partial charge in [-0.15, -0.1) is 6.58 Å². The number of carboxylic acid groups (broad SMARTS) is 1. The van der Waals surface area contributed by atoms with Crippen molar-refractivity contribution < 1.29 is 28.6 Å². The smallest absolute Gasteiger partial charge is 0.341 e. The van der Waals surface area contributed by atoms with Gasteiger partial charge in [0.1, 0.15) is 5.58 Å². The number of rotatable bonds is 10. The van der Waals surface area contributed by atoms with E-state index in [0.717, 1.165) is 5.39 Å². The average molecular weight is 422 g/mol. The highest BCUT2D eigenvalue weighted by Gasteiger charge is 2.15. The Morgan fingerprint density at radius 1 is 1.23 bits per heavy atom. The molecular weight excluding hydrogens is 400 g/mol. The van der Waals surface area contributed by atoms with Crippen LogP contribution in [0.3, 0.4) is 0 Å². The molecule has 0 saturated carbocycles. The second-order valence-electron chi connectivity index (χ2n) is 6.46. The van der Waals surface area contributed by atoms with Crippen LogP contribution in [0, 0.1) is 0 Å². The second kappa shape index (κ2) is 10.1. The minimum Gasteiger partial charge on any atom is -0.490 e. The van der Waals surface area contributed by atoms with Crippen molar-refractivity contribution in [2.45, 2.75) is 13.3 Å². The fraction of sp³-hybridized carbons (Fsp3) is 0.174. The molecule has 8 heteroatoms. The third-order valence-electron chi connectivity index (χ3n) is 4.19. The highest BCUT2D eigenvalue weighted by atomic mass is 16.5. The van der Waals surface area contributed by atoms with Crippen LogP contribution in [0.4, 0.5) is 0 Å². The topological polar surface area (TPSA) is 110 Å². The number of allylic oxidation sites excluding steroid dienone is 1. The maximum absolute atomic E-state index is 12.3. The average Bonchev–Trinajstić information content (AvgIpc) is 3.18. The van der Waals surface area contributed by atoms with Crippen molar-refractivity contribution in [2.24, 2.45) is 5.10 Å². The summed E-state index contributed by atoms with van der Waals surface area (Å²) in [4.78, 5) is 23.2. The molecule has 3 rings (SSSR count). The number of carbonyl (C=O) groups excluding carboxylic acids is 1. The zero-order valence-corrected chi connectivity index (χ0v) is 17.0. The van der Waals surface area contributed by atoms with E-state index in [-0.39, 0.29) is 5.76 Å². The summed E-state index contributed by atoms with van der Waals surface area (Å²) >= 11 is 0. The number of carbonyl (C=O) groups is 2. The first-order valence-corrected chi connectivity index (χ1v) is 9.59. The van der Waals surface area contributed by atoms with Gasteiger partial charge in [-0.05, 0) is 43.2 Å². The van der Waals surface area contributed by atoms with Gasteiger partial charge in [0.05, 0.1) is 12.8 Å². The molecule has 160 valence electrons. The van der Waals surface area contributed by atoms with Gasteiger partial charge in [-0.1, -0.05) is 24.3 Å². The maximum Gasteiger partial charge on any atom is 0.341 e. The molecule has 8 nitrogen and oxygen atoms in total. The number of aliphatic carboxylic acids is 1. The highest BCUT2D eigenvalue weighted by Crippen LogP contribution is 2.33. The van der Waals surface area contributed by atoms with Gasteiger partial charge >= 0.3 is 11.9 Å². The molecule has 0 aliphatic heterocycles. The zero-order chi connectivity index (χ0) is 22.2. The van der Waals surface area contributed by atoms with Crippen molar-refractivity contribution in [1.82, 2.24) is 5.43 Å². The predicted molar refractivity (Wildman–Crippen MR) is 116 cm³/mol. The normalized spacial score (nSPS) is 10.9. The summed E-state index contributed by atoms with van der Waals surface area (Å²) in [7, 11) is 0. The number of hydrogen-bond acceptors (Lipinski definition) is 6. The Morgan fingerprint density at radius 3 is 2.74 bits per heavy atom. The van der Waals surface area contributed by atoms with E-state index in [4.69, 9.17) is 19.0 Å². The molecule has 1 amide bonds. The molecule has 0 bridgehead atoms. The van der Waals surface area contributed by atoms with Crippen LogP contribution in [0.15, 0.2) is 64.6 Å². The Bertz CT molecular complexity index is 1100. The molecular formula is C23H22N2O6. The molecule has 0 spiro atoms. The molecule has 2 aromatic carbocycles. The molecule has 0 aliphatic carbocycles. The van der Waals surface area contributed by atoms with Crippen molar-refractivity contribution in [3.8, 4) is 11.5 Å². The van der Waals surface area contributed by atoms with Crippen LogP contribution in [0.5, 0.6) is 11.5 Å². The van der Waals surface area contributed by atoms with Crippen LogP contribution in [-0.2, 0) is 11.2 Å². The Labute approximate surface area is 178 Å². The number of nitrogens with zero attached hydrogens (tertiary/aromatic N) is 1. The third kappa shape index (κ3) is 5.51. The van der Waals surface area contributed by atoms with E-state index in [0.29, 0.717) is 41.2 Å². The molecule has 0 saturated heterocycles. The fourth-order valence-electron chi connectivity index (χ4n) is 2.94. The summed E-state index contributed by atoms with van der Waals surface area (Å²) < 4.78 is 16.5. The first-order valence-electron chi connectivity index (χ1n) is 9.59. The number of fused-ring (bicyclic) bond motifs is 1. The van der Waals surface area contributed by atoms with Crippen LogP contribution >= 0.6 is 0 Å². The molecule has 2 N–H and O–H groups in total. The van der Waals surface area contributed by atoms with E-state index in [1.165, 1.54) is 6.21 Å². The monoisotopic (exact) mass is 422 g/mol. The van der Waals surface area contributed by atoms with Crippen molar-refractivity contribution in [1.29, 1.82) is 0 Å². The molecule has 1 heterocycles. The number of nitrogens with one attached hydrogen (secondary N) is 1. The lowest BCUT2D eigenvalue weighted by atomic mass is 10.1. The minimum atomic E-state index is -1.09. The SMILES string of the molecule is C=CCc1cc(/C=N/NC(=O)c2cc3ccccc3o2)cc(OCC)c1OCC(=O)O. The van der Waals surface area contributed by atoms with E-state index in [2.05, 4.69) is 17.1 Å². The molecule has 0 fully saturated rings. The number of furan rings is 1. The summed E-state index contributed by atoms with van der Waals surface area (Å²) in [6, 6.07) is 12.4. The third-order valence-corrected chi connectivity index (χ3v) is 4.19. The minimum absolute atomic E-state index is 0.151. The first-order chi connectivity index (χ1) is 15.0. The molecule has 0 atom stereocenters. The van der Waals surface area contributed by atoms with Gasteiger partial charge in [0.15, 0.2) is 23.9 Å². The quantitative estimate of drug-likeness (QED) is 0.292. The fourth-order valence-corrected chi connectivity index (χ4v) is 2.94. The summed E-state index contributed by atoms with van der Waals surface area (Å²) in [5, 5.41) is 13.7. The van der Waals surface area contributed by atoms with Crippen molar-refractivity contribution in [3.63, 3.8) is 0 Å². The number of hydrogen-bond donors (Lipinski definition) is 2. The van der Waals surface area contributed by atoms with Crippen molar-refractivity contribution in [3.05, 3.63) is 72.0 Å². The Hall–Kier alpha value is -4.07. The van der Waals surface area contributed by atoms with E-state index in [1.54, 1.807) is 30.3 Å². The molecule has 0 aliphatic rings.